The first-order valence-corrected chi connectivity index (χ1v) is 5.30. The maximum atomic E-state index is 11.8. The van der Waals surface area contributed by atoms with E-state index in [1.165, 1.54) is 0 Å². The highest BCUT2D eigenvalue weighted by Crippen LogP contribution is 2.44. The number of nitrogens with one attached hydrogen (secondary N) is 2. The molecule has 0 bridgehead atoms. The lowest BCUT2D eigenvalue weighted by Crippen LogP contribution is -2.46. The summed E-state index contributed by atoms with van der Waals surface area (Å²) < 4.78 is 35.5. The molecule has 6 heteroatoms. The van der Waals surface area contributed by atoms with Crippen LogP contribution in [0.3, 0.4) is 0 Å². The predicted octanol–water partition coefficient (Wildman–Crippen LogP) is 1.44. The van der Waals surface area contributed by atoms with Gasteiger partial charge in [0.15, 0.2) is 0 Å². The number of hydrogen-bond acceptors (Lipinski definition) is 2. The molecule has 1 rings (SSSR count). The standard InChI is InChI=1S/C10H17F3N2O/c1-7(14-5-9(2)3-4-9)8(16)15-6-10(11,12)13/h7,14H,3-6H2,1-2H3,(H,15,16). The summed E-state index contributed by atoms with van der Waals surface area (Å²) >= 11 is 0. The van der Waals surface area contributed by atoms with E-state index in [9.17, 15) is 18.0 Å². The van der Waals surface area contributed by atoms with E-state index in [1.54, 1.807) is 6.92 Å². The number of halogens is 3. The largest absolute Gasteiger partial charge is 0.405 e. The van der Waals surface area contributed by atoms with E-state index in [1.807, 2.05) is 5.32 Å². The molecule has 0 heterocycles. The van der Waals surface area contributed by atoms with Crippen LogP contribution >= 0.6 is 0 Å². The molecule has 0 spiro atoms. The van der Waals surface area contributed by atoms with Gasteiger partial charge in [-0.15, -0.1) is 0 Å². The first-order valence-electron chi connectivity index (χ1n) is 5.30. The average molecular weight is 238 g/mol. The summed E-state index contributed by atoms with van der Waals surface area (Å²) in [5.74, 6) is -0.610. The van der Waals surface area contributed by atoms with Gasteiger partial charge in [-0.1, -0.05) is 6.92 Å². The number of rotatable bonds is 5. The topological polar surface area (TPSA) is 41.1 Å². The molecule has 16 heavy (non-hydrogen) atoms. The molecule has 1 fully saturated rings. The van der Waals surface area contributed by atoms with E-state index >= 15 is 0 Å². The van der Waals surface area contributed by atoms with Crippen molar-refractivity contribution in [1.82, 2.24) is 10.6 Å². The Bertz CT molecular complexity index is 261. The van der Waals surface area contributed by atoms with E-state index < -0.39 is 24.7 Å². The molecule has 0 aromatic heterocycles. The lowest BCUT2D eigenvalue weighted by atomic mass is 10.1. The summed E-state index contributed by atoms with van der Waals surface area (Å²) in [4.78, 5) is 11.3. The van der Waals surface area contributed by atoms with Gasteiger partial charge in [-0.25, -0.2) is 0 Å². The van der Waals surface area contributed by atoms with Crippen LogP contribution in [0.5, 0.6) is 0 Å². The van der Waals surface area contributed by atoms with Crippen molar-refractivity contribution in [2.45, 2.75) is 38.9 Å². The Balaban J connectivity index is 2.20. The van der Waals surface area contributed by atoms with Crippen molar-refractivity contribution in [1.29, 1.82) is 0 Å². The molecule has 0 saturated heterocycles. The van der Waals surface area contributed by atoms with E-state index in [-0.39, 0.29) is 5.41 Å². The summed E-state index contributed by atoms with van der Waals surface area (Å²) in [5, 5.41) is 4.79. The monoisotopic (exact) mass is 238 g/mol. The Morgan fingerprint density at radius 3 is 2.44 bits per heavy atom. The molecule has 3 nitrogen and oxygen atoms in total. The zero-order valence-corrected chi connectivity index (χ0v) is 9.45. The Kier molecular flexibility index (Phi) is 3.83. The molecule has 1 unspecified atom stereocenters. The van der Waals surface area contributed by atoms with Crippen LogP contribution in [0.25, 0.3) is 0 Å². The first-order chi connectivity index (χ1) is 7.22. The zero-order valence-electron chi connectivity index (χ0n) is 9.45. The third-order valence-electron chi connectivity index (χ3n) is 2.79. The molecule has 1 atom stereocenters. The van der Waals surface area contributed by atoms with Crippen LogP contribution in [0, 0.1) is 5.41 Å². The second-order valence-electron chi connectivity index (χ2n) is 4.75. The molecule has 1 aliphatic carbocycles. The number of hydrogen-bond donors (Lipinski definition) is 2. The van der Waals surface area contributed by atoms with E-state index in [0.717, 1.165) is 12.8 Å². The van der Waals surface area contributed by atoms with Crippen molar-refractivity contribution in [2.24, 2.45) is 5.41 Å². The van der Waals surface area contributed by atoms with Gasteiger partial charge in [-0.05, 0) is 25.2 Å². The minimum atomic E-state index is -4.35. The Morgan fingerprint density at radius 2 is 2.00 bits per heavy atom. The molecule has 1 saturated carbocycles. The van der Waals surface area contributed by atoms with Gasteiger partial charge < -0.3 is 10.6 Å². The van der Waals surface area contributed by atoms with E-state index in [4.69, 9.17) is 0 Å². The second-order valence-corrected chi connectivity index (χ2v) is 4.75. The predicted molar refractivity (Wildman–Crippen MR) is 53.9 cm³/mol. The van der Waals surface area contributed by atoms with Crippen molar-refractivity contribution >= 4 is 5.91 Å². The highest BCUT2D eigenvalue weighted by Gasteiger charge is 2.37. The maximum Gasteiger partial charge on any atom is 0.405 e. The Hall–Kier alpha value is -0.780. The quantitative estimate of drug-likeness (QED) is 0.761. The van der Waals surface area contributed by atoms with Crippen molar-refractivity contribution in [2.75, 3.05) is 13.1 Å². The van der Waals surface area contributed by atoms with E-state index in [2.05, 4.69) is 12.2 Å². The third kappa shape index (κ3) is 4.83. The van der Waals surface area contributed by atoms with Crippen LogP contribution in [0.4, 0.5) is 13.2 Å². The highest BCUT2D eigenvalue weighted by atomic mass is 19.4. The fraction of sp³-hybridized carbons (Fsp3) is 0.900. The summed E-state index contributed by atoms with van der Waals surface area (Å²) in [7, 11) is 0. The zero-order chi connectivity index (χ0) is 12.4. The lowest BCUT2D eigenvalue weighted by molar-refractivity contribution is -0.139. The van der Waals surface area contributed by atoms with Crippen LogP contribution < -0.4 is 10.6 Å². The second kappa shape index (κ2) is 4.61. The van der Waals surface area contributed by atoms with Crippen LogP contribution in [0.15, 0.2) is 0 Å². The van der Waals surface area contributed by atoms with Crippen LogP contribution in [-0.4, -0.2) is 31.2 Å². The van der Waals surface area contributed by atoms with Gasteiger partial charge in [-0.2, -0.15) is 13.2 Å². The summed E-state index contributed by atoms with van der Waals surface area (Å²) in [6.07, 6.45) is -2.13. The van der Waals surface area contributed by atoms with Crippen molar-refractivity contribution in [3.8, 4) is 0 Å². The number of carbonyl (C=O) groups excluding carboxylic acids is 1. The Labute approximate surface area is 92.8 Å². The molecular formula is C10H17F3N2O. The SMILES string of the molecule is CC(NCC1(C)CC1)C(=O)NCC(F)(F)F. The van der Waals surface area contributed by atoms with Crippen molar-refractivity contribution < 1.29 is 18.0 Å². The third-order valence-corrected chi connectivity index (χ3v) is 2.79. The molecular weight excluding hydrogens is 221 g/mol. The first kappa shape index (κ1) is 13.3. The molecule has 0 radical (unpaired) electrons. The Morgan fingerprint density at radius 1 is 1.44 bits per heavy atom. The van der Waals surface area contributed by atoms with E-state index in [0.29, 0.717) is 6.54 Å². The van der Waals surface area contributed by atoms with Crippen LogP contribution in [0.2, 0.25) is 0 Å². The minimum absolute atomic E-state index is 0.235. The van der Waals surface area contributed by atoms with Gasteiger partial charge in [0.2, 0.25) is 5.91 Å². The molecule has 2 N–H and O–H groups in total. The molecule has 1 amide bonds. The van der Waals surface area contributed by atoms with Gasteiger partial charge in [0.1, 0.15) is 6.54 Å². The van der Waals surface area contributed by atoms with Gasteiger partial charge >= 0.3 is 6.18 Å². The highest BCUT2D eigenvalue weighted by molar-refractivity contribution is 5.81. The molecule has 0 aliphatic heterocycles. The number of amides is 1. The summed E-state index contributed by atoms with van der Waals surface area (Å²) in [6.45, 7) is 3.06. The minimum Gasteiger partial charge on any atom is -0.346 e. The van der Waals surface area contributed by atoms with Gasteiger partial charge in [-0.3, -0.25) is 4.79 Å². The normalized spacial score (nSPS) is 20.3. The molecule has 1 aliphatic rings. The maximum absolute atomic E-state index is 11.8. The number of alkyl halides is 3. The van der Waals surface area contributed by atoms with Crippen LogP contribution in [-0.2, 0) is 4.79 Å². The van der Waals surface area contributed by atoms with Crippen molar-refractivity contribution in [3.63, 3.8) is 0 Å². The smallest absolute Gasteiger partial charge is 0.346 e. The molecule has 0 aromatic rings. The van der Waals surface area contributed by atoms with Gasteiger partial charge in [0.25, 0.3) is 0 Å². The summed E-state index contributed by atoms with van der Waals surface area (Å²) in [6, 6.07) is -0.584. The molecule has 0 aromatic carbocycles. The van der Waals surface area contributed by atoms with Crippen molar-refractivity contribution in [3.05, 3.63) is 0 Å². The average Bonchev–Trinajstić information content (AvgIpc) is 2.89. The van der Waals surface area contributed by atoms with Crippen LogP contribution in [0.1, 0.15) is 26.7 Å². The number of carbonyl (C=O) groups is 1. The fourth-order valence-corrected chi connectivity index (χ4v) is 1.22. The van der Waals surface area contributed by atoms with Gasteiger partial charge in [0.05, 0.1) is 6.04 Å². The van der Waals surface area contributed by atoms with Gasteiger partial charge in [0, 0.05) is 6.54 Å². The summed E-state index contributed by atoms with van der Waals surface area (Å²) in [5.41, 5.74) is 0.235. The fourth-order valence-electron chi connectivity index (χ4n) is 1.22. The molecule has 94 valence electrons. The lowest BCUT2D eigenvalue weighted by Gasteiger charge is -2.17.